The molecular formula is C25H24N8O3. The molecule has 1 aromatic heterocycles. The molecule has 11 nitrogen and oxygen atoms in total. The fourth-order valence-corrected chi connectivity index (χ4v) is 3.85. The van der Waals surface area contributed by atoms with Crippen LogP contribution in [0.3, 0.4) is 0 Å². The zero-order valence-corrected chi connectivity index (χ0v) is 19.6. The average molecular weight is 485 g/mol. The second-order valence-electron chi connectivity index (χ2n) is 8.15. The van der Waals surface area contributed by atoms with E-state index in [0.717, 1.165) is 22.0 Å². The minimum atomic E-state index is -0.434. The van der Waals surface area contributed by atoms with Gasteiger partial charge >= 0.3 is 0 Å². The number of anilines is 4. The molecule has 2 N–H and O–H groups in total. The fourth-order valence-electron chi connectivity index (χ4n) is 3.85. The number of fused-ring (bicyclic) bond motifs is 1. The van der Waals surface area contributed by atoms with Crippen molar-refractivity contribution in [2.75, 3.05) is 41.9 Å². The quantitative estimate of drug-likeness (QED) is 0.223. The number of non-ortho nitro benzene ring substituents is 1. The Morgan fingerprint density at radius 2 is 1.69 bits per heavy atom. The van der Waals surface area contributed by atoms with Crippen molar-refractivity contribution in [2.45, 2.75) is 6.92 Å². The molecular weight excluding hydrogens is 460 g/mol. The summed E-state index contributed by atoms with van der Waals surface area (Å²) in [7, 11) is 0. The third-order valence-corrected chi connectivity index (χ3v) is 5.77. The van der Waals surface area contributed by atoms with Crippen LogP contribution in [0.5, 0.6) is 0 Å². The molecule has 11 heteroatoms. The zero-order valence-electron chi connectivity index (χ0n) is 19.6. The number of hydrogen-bond acceptors (Lipinski definition) is 10. The summed E-state index contributed by atoms with van der Waals surface area (Å²) in [5.41, 5.74) is 5.19. The van der Waals surface area contributed by atoms with Gasteiger partial charge < -0.3 is 15.0 Å². The Kier molecular flexibility index (Phi) is 6.63. The van der Waals surface area contributed by atoms with Crippen molar-refractivity contribution in [3.05, 3.63) is 82.4 Å². The van der Waals surface area contributed by atoms with Crippen LogP contribution in [0.15, 0.2) is 71.8 Å². The summed E-state index contributed by atoms with van der Waals surface area (Å²) >= 11 is 0. The summed E-state index contributed by atoms with van der Waals surface area (Å²) < 4.78 is 5.47. The van der Waals surface area contributed by atoms with Gasteiger partial charge in [-0.3, -0.25) is 10.1 Å². The maximum absolute atomic E-state index is 10.9. The number of hydrazone groups is 1. The molecule has 1 saturated heterocycles. The lowest BCUT2D eigenvalue weighted by Crippen LogP contribution is -2.37. The lowest BCUT2D eigenvalue weighted by atomic mass is 10.1. The number of nitro benzene ring substituents is 1. The Hall–Kier alpha value is -4.64. The molecule has 1 aliphatic heterocycles. The van der Waals surface area contributed by atoms with E-state index in [-0.39, 0.29) is 11.6 Å². The van der Waals surface area contributed by atoms with E-state index < -0.39 is 4.92 Å². The van der Waals surface area contributed by atoms with Gasteiger partial charge in [0.25, 0.3) is 5.69 Å². The molecule has 1 aliphatic rings. The van der Waals surface area contributed by atoms with Gasteiger partial charge in [-0.2, -0.15) is 20.1 Å². The first-order valence-corrected chi connectivity index (χ1v) is 11.5. The number of hydrogen-bond donors (Lipinski definition) is 2. The van der Waals surface area contributed by atoms with Gasteiger partial charge in [0.05, 0.1) is 23.8 Å². The minimum absolute atomic E-state index is 0.0243. The number of rotatable bonds is 7. The van der Waals surface area contributed by atoms with Gasteiger partial charge in [0.15, 0.2) is 0 Å². The summed E-state index contributed by atoms with van der Waals surface area (Å²) in [6.45, 7) is 4.33. The lowest BCUT2D eigenvalue weighted by molar-refractivity contribution is -0.384. The molecule has 4 aromatic rings. The van der Waals surface area contributed by atoms with E-state index in [1.807, 2.05) is 35.2 Å². The van der Waals surface area contributed by atoms with Crippen LogP contribution in [-0.2, 0) is 4.74 Å². The first kappa shape index (κ1) is 23.1. The predicted octanol–water partition coefficient (Wildman–Crippen LogP) is 4.35. The number of benzene rings is 3. The van der Waals surface area contributed by atoms with E-state index in [4.69, 9.17) is 4.74 Å². The van der Waals surface area contributed by atoms with E-state index in [9.17, 15) is 10.1 Å². The Morgan fingerprint density at radius 1 is 0.972 bits per heavy atom. The largest absolute Gasteiger partial charge is 0.378 e. The fraction of sp³-hybridized carbons (Fsp3) is 0.200. The summed E-state index contributed by atoms with van der Waals surface area (Å²) in [5, 5.41) is 20.8. The molecule has 0 bridgehead atoms. The highest BCUT2D eigenvalue weighted by atomic mass is 16.6. The highest BCUT2D eigenvalue weighted by Crippen LogP contribution is 2.26. The smallest absolute Gasteiger partial charge is 0.269 e. The molecule has 1 fully saturated rings. The summed E-state index contributed by atoms with van der Waals surface area (Å²) in [5.74, 6) is 1.17. The van der Waals surface area contributed by atoms with Gasteiger partial charge in [-0.15, -0.1) is 0 Å². The summed E-state index contributed by atoms with van der Waals surface area (Å²) in [4.78, 5) is 26.3. The van der Waals surface area contributed by atoms with Crippen molar-refractivity contribution in [3.63, 3.8) is 0 Å². The number of nitrogens with one attached hydrogen (secondary N) is 2. The van der Waals surface area contributed by atoms with Crippen molar-refractivity contribution in [2.24, 2.45) is 5.10 Å². The second kappa shape index (κ2) is 10.3. The van der Waals surface area contributed by atoms with Crippen molar-refractivity contribution in [3.8, 4) is 0 Å². The van der Waals surface area contributed by atoms with Crippen molar-refractivity contribution in [1.82, 2.24) is 15.0 Å². The molecule has 36 heavy (non-hydrogen) atoms. The predicted molar refractivity (Wildman–Crippen MR) is 139 cm³/mol. The molecule has 0 atom stereocenters. The number of nitro groups is 1. The SMILES string of the molecule is C/C(=N/Nc1nc(Nc2cccc3ccccc23)nc(N2CCOCC2)n1)c1ccc([N+](=O)[O-])cc1. The van der Waals surface area contributed by atoms with E-state index in [1.165, 1.54) is 12.1 Å². The Bertz CT molecular complexity index is 1410. The van der Waals surface area contributed by atoms with E-state index >= 15 is 0 Å². The monoisotopic (exact) mass is 484 g/mol. The number of aromatic nitrogens is 3. The second-order valence-corrected chi connectivity index (χ2v) is 8.15. The van der Waals surface area contributed by atoms with Crippen molar-refractivity contribution < 1.29 is 9.66 Å². The van der Waals surface area contributed by atoms with Crippen LogP contribution in [0, 0.1) is 10.1 Å². The van der Waals surface area contributed by atoms with Crippen LogP contribution in [0.4, 0.5) is 29.2 Å². The van der Waals surface area contributed by atoms with Crippen LogP contribution in [-0.4, -0.2) is 51.9 Å². The first-order valence-electron chi connectivity index (χ1n) is 11.5. The molecule has 182 valence electrons. The Morgan fingerprint density at radius 3 is 2.47 bits per heavy atom. The molecule has 0 amide bonds. The summed E-state index contributed by atoms with van der Waals surface area (Å²) in [6.07, 6.45) is 0. The molecule has 0 unspecified atom stereocenters. The normalized spacial score (nSPS) is 14.0. The zero-order chi connectivity index (χ0) is 24.9. The molecule has 3 aromatic carbocycles. The van der Waals surface area contributed by atoms with Gasteiger partial charge in [0, 0.05) is 36.3 Å². The Labute approximate surface area is 207 Å². The molecule has 2 heterocycles. The maximum atomic E-state index is 10.9. The average Bonchev–Trinajstić information content (AvgIpc) is 2.92. The molecule has 0 spiro atoms. The van der Waals surface area contributed by atoms with Gasteiger partial charge in [-0.1, -0.05) is 36.4 Å². The van der Waals surface area contributed by atoms with Crippen molar-refractivity contribution in [1.29, 1.82) is 0 Å². The van der Waals surface area contributed by atoms with Gasteiger partial charge in [0.1, 0.15) is 0 Å². The Balaban J connectivity index is 1.44. The molecule has 0 saturated carbocycles. The van der Waals surface area contributed by atoms with Crippen LogP contribution < -0.4 is 15.6 Å². The number of nitrogens with zero attached hydrogens (tertiary/aromatic N) is 6. The maximum Gasteiger partial charge on any atom is 0.269 e. The van der Waals surface area contributed by atoms with Crippen LogP contribution >= 0.6 is 0 Å². The van der Waals surface area contributed by atoms with E-state index in [0.29, 0.717) is 43.9 Å². The molecule has 5 rings (SSSR count). The van der Waals surface area contributed by atoms with Crippen LogP contribution in [0.25, 0.3) is 10.8 Å². The molecule has 0 aliphatic carbocycles. The lowest BCUT2D eigenvalue weighted by Gasteiger charge is -2.27. The van der Waals surface area contributed by atoms with Gasteiger partial charge in [-0.25, -0.2) is 5.43 Å². The van der Waals surface area contributed by atoms with Crippen molar-refractivity contribution >= 4 is 45.7 Å². The third kappa shape index (κ3) is 5.20. The van der Waals surface area contributed by atoms with E-state index in [1.54, 1.807) is 19.1 Å². The molecule has 0 radical (unpaired) electrons. The summed E-state index contributed by atoms with van der Waals surface area (Å²) in [6, 6.07) is 20.3. The highest BCUT2D eigenvalue weighted by Gasteiger charge is 2.17. The number of morpholine rings is 1. The van der Waals surface area contributed by atoms with Gasteiger partial charge in [-0.05, 0) is 36.1 Å². The van der Waals surface area contributed by atoms with E-state index in [2.05, 4.69) is 42.9 Å². The third-order valence-electron chi connectivity index (χ3n) is 5.77. The minimum Gasteiger partial charge on any atom is -0.378 e. The van der Waals surface area contributed by atoms with Crippen LogP contribution in [0.2, 0.25) is 0 Å². The number of ether oxygens (including phenoxy) is 1. The van der Waals surface area contributed by atoms with Gasteiger partial charge in [0.2, 0.25) is 17.8 Å². The standard InChI is InChI=1S/C25H24N8O3/c1-17(18-9-11-20(12-10-18)33(34)35)30-31-24-27-23(28-25(29-24)32-13-15-36-16-14-32)26-22-8-4-6-19-5-2-3-7-21(19)22/h2-12H,13-16H2,1H3,(H2,26,27,28,29,31)/b30-17-. The van der Waals surface area contributed by atoms with Crippen LogP contribution in [0.1, 0.15) is 12.5 Å². The first-order chi connectivity index (χ1) is 17.6. The topological polar surface area (TPSA) is 131 Å². The highest BCUT2D eigenvalue weighted by molar-refractivity contribution is 5.99.